The molecule has 1 aliphatic carbocycles. The van der Waals surface area contributed by atoms with Crippen molar-refractivity contribution in [1.29, 1.82) is 0 Å². The SMILES string of the molecule is CC(C)CNC(=O)C(N)[C@@H](O)[C@H](CC1CCCCC1)C(=O)[C@H](CC(C)C)NC(=O)[C@H](Cc1ccccc1)NC(=O)CC1COc2ccc(C=NCCO)cc21. The summed E-state index contributed by atoms with van der Waals surface area (Å²) >= 11 is 0. The lowest BCUT2D eigenvalue weighted by Gasteiger charge is -2.34. The smallest absolute Gasteiger partial charge is 0.243 e. The number of Topliss-reactive ketones (excluding diaryl/α,β-unsaturated/α-hetero) is 1. The van der Waals surface area contributed by atoms with Crippen LogP contribution < -0.4 is 26.4 Å². The molecule has 0 spiro atoms. The van der Waals surface area contributed by atoms with E-state index in [4.69, 9.17) is 15.6 Å². The second kappa shape index (κ2) is 21.8. The van der Waals surface area contributed by atoms with Crippen molar-refractivity contribution >= 4 is 29.7 Å². The first-order valence-electron chi connectivity index (χ1n) is 20.1. The monoisotopic (exact) mass is 761 g/mol. The molecule has 4 rings (SSSR count). The van der Waals surface area contributed by atoms with Crippen LogP contribution in [0.3, 0.4) is 0 Å². The number of carbonyl (C=O) groups excluding carboxylic acids is 4. The van der Waals surface area contributed by atoms with Gasteiger partial charge in [0.2, 0.25) is 17.7 Å². The first-order valence-corrected chi connectivity index (χ1v) is 20.1. The molecular formula is C43H63N5O7. The summed E-state index contributed by atoms with van der Waals surface area (Å²) in [6.07, 6.45) is 6.22. The third-order valence-corrected chi connectivity index (χ3v) is 10.6. The van der Waals surface area contributed by atoms with Crippen LogP contribution >= 0.6 is 0 Å². The Hall–Kier alpha value is -4.13. The number of hydrogen-bond acceptors (Lipinski definition) is 9. The maximum absolute atomic E-state index is 14.6. The molecule has 7 N–H and O–H groups in total. The Balaban J connectivity index is 1.55. The quantitative estimate of drug-likeness (QED) is 0.103. The molecule has 302 valence electrons. The molecular weight excluding hydrogens is 699 g/mol. The molecule has 1 saturated carbocycles. The summed E-state index contributed by atoms with van der Waals surface area (Å²) < 4.78 is 5.87. The minimum atomic E-state index is -1.44. The zero-order chi connectivity index (χ0) is 39.9. The van der Waals surface area contributed by atoms with Crippen molar-refractivity contribution in [1.82, 2.24) is 16.0 Å². The van der Waals surface area contributed by atoms with E-state index in [-0.39, 0.29) is 54.8 Å². The number of nitrogens with zero attached hydrogens (tertiary/aromatic N) is 1. The van der Waals surface area contributed by atoms with Crippen molar-refractivity contribution in [3.05, 3.63) is 65.2 Å². The Bertz CT molecular complexity index is 1580. The van der Waals surface area contributed by atoms with Crippen molar-refractivity contribution < 1.29 is 34.1 Å². The average Bonchev–Trinajstić information content (AvgIpc) is 3.56. The molecule has 0 aromatic heterocycles. The van der Waals surface area contributed by atoms with Gasteiger partial charge in [-0.2, -0.15) is 0 Å². The lowest BCUT2D eigenvalue weighted by Crippen LogP contribution is -2.57. The number of aliphatic imine (C=N–C) groups is 1. The molecule has 12 nitrogen and oxygen atoms in total. The number of ether oxygens (including phenoxy) is 1. The van der Waals surface area contributed by atoms with E-state index >= 15 is 0 Å². The van der Waals surface area contributed by atoms with Gasteiger partial charge in [0.1, 0.15) is 17.8 Å². The fourth-order valence-corrected chi connectivity index (χ4v) is 7.59. The van der Waals surface area contributed by atoms with Crippen LogP contribution in [0.15, 0.2) is 53.5 Å². The number of carbonyl (C=O) groups is 4. The van der Waals surface area contributed by atoms with Crippen LogP contribution in [0.2, 0.25) is 0 Å². The zero-order valence-corrected chi connectivity index (χ0v) is 33.0. The Morgan fingerprint density at radius 3 is 2.35 bits per heavy atom. The van der Waals surface area contributed by atoms with Gasteiger partial charge in [-0.05, 0) is 59.9 Å². The van der Waals surface area contributed by atoms with E-state index in [1.165, 1.54) is 0 Å². The average molecular weight is 762 g/mol. The lowest BCUT2D eigenvalue weighted by atomic mass is 9.76. The van der Waals surface area contributed by atoms with Gasteiger partial charge in [0.15, 0.2) is 5.78 Å². The van der Waals surface area contributed by atoms with Crippen LogP contribution in [-0.4, -0.2) is 90.5 Å². The minimum Gasteiger partial charge on any atom is -0.493 e. The largest absolute Gasteiger partial charge is 0.493 e. The summed E-state index contributed by atoms with van der Waals surface area (Å²) in [6.45, 7) is 8.77. The van der Waals surface area contributed by atoms with Crippen molar-refractivity contribution in [3.63, 3.8) is 0 Å². The normalized spacial score (nSPS) is 18.6. The standard InChI is InChI=1S/C43H63N5O7/c1-27(2)19-35(40(51)34(20-29-11-7-5-8-12-29)41(52)39(44)43(54)46-24-28(3)4)48-42(53)36(22-30-13-9-6-10-14-30)47-38(50)23-32-26-55-37-16-15-31(21-33(32)37)25-45-17-18-49/h6,9-10,13-16,21,25,27-29,32,34-36,39,41,49,52H,5,7-8,11-12,17-20,22-24,26,44H2,1-4H3,(H,46,54)(H,47,50)(H,48,53)/t32?,34-,35+,36+,39?,41+/m1/s1. The van der Waals surface area contributed by atoms with E-state index in [2.05, 4.69) is 20.9 Å². The maximum atomic E-state index is 14.6. The fraction of sp³-hybridized carbons (Fsp3) is 0.605. The topological polar surface area (TPSA) is 192 Å². The molecule has 12 heteroatoms. The van der Waals surface area contributed by atoms with Gasteiger partial charge in [0, 0.05) is 43.0 Å². The predicted octanol–water partition coefficient (Wildman–Crippen LogP) is 3.84. The highest BCUT2D eigenvalue weighted by molar-refractivity contribution is 5.95. The molecule has 1 heterocycles. The second-order valence-electron chi connectivity index (χ2n) is 16.2. The van der Waals surface area contributed by atoms with Gasteiger partial charge < -0.3 is 36.6 Å². The van der Waals surface area contributed by atoms with Gasteiger partial charge in [0.25, 0.3) is 0 Å². The van der Waals surface area contributed by atoms with Crippen LogP contribution in [0, 0.1) is 23.7 Å². The predicted molar refractivity (Wildman–Crippen MR) is 214 cm³/mol. The van der Waals surface area contributed by atoms with Crippen LogP contribution in [0.4, 0.5) is 0 Å². The number of hydrogen-bond donors (Lipinski definition) is 6. The zero-order valence-electron chi connectivity index (χ0n) is 33.0. The first-order chi connectivity index (χ1) is 26.4. The van der Waals surface area contributed by atoms with Crippen LogP contribution in [-0.2, 0) is 25.6 Å². The molecule has 55 heavy (non-hydrogen) atoms. The van der Waals surface area contributed by atoms with Crippen LogP contribution in [0.5, 0.6) is 5.75 Å². The van der Waals surface area contributed by atoms with Gasteiger partial charge in [-0.3, -0.25) is 24.2 Å². The number of aliphatic hydroxyl groups is 2. The van der Waals surface area contributed by atoms with E-state index < -0.39 is 42.0 Å². The fourth-order valence-electron chi connectivity index (χ4n) is 7.59. The summed E-state index contributed by atoms with van der Waals surface area (Å²) in [7, 11) is 0. The highest BCUT2D eigenvalue weighted by atomic mass is 16.5. The number of benzene rings is 2. The summed E-state index contributed by atoms with van der Waals surface area (Å²) in [5.41, 5.74) is 8.87. The number of fused-ring (bicyclic) bond motifs is 1. The molecule has 2 aromatic rings. The Morgan fingerprint density at radius 2 is 1.67 bits per heavy atom. The lowest BCUT2D eigenvalue weighted by molar-refractivity contribution is -0.137. The summed E-state index contributed by atoms with van der Waals surface area (Å²) in [5.74, 6) is -1.86. The van der Waals surface area contributed by atoms with E-state index in [0.29, 0.717) is 38.3 Å². The minimum absolute atomic E-state index is 0.00733. The number of aliphatic hydroxyl groups excluding tert-OH is 2. The molecule has 2 aromatic carbocycles. The first kappa shape index (κ1) is 43.6. The van der Waals surface area contributed by atoms with E-state index in [1.54, 1.807) is 6.21 Å². The van der Waals surface area contributed by atoms with Crippen molar-refractivity contribution in [2.24, 2.45) is 34.4 Å². The van der Waals surface area contributed by atoms with Gasteiger partial charge in [-0.25, -0.2) is 0 Å². The third-order valence-electron chi connectivity index (χ3n) is 10.6. The van der Waals surface area contributed by atoms with Gasteiger partial charge >= 0.3 is 0 Å². The van der Waals surface area contributed by atoms with E-state index in [1.807, 2.05) is 76.2 Å². The molecule has 0 bridgehead atoms. The Kier molecular flexibility index (Phi) is 17.3. The van der Waals surface area contributed by atoms with E-state index in [9.17, 15) is 24.3 Å². The summed E-state index contributed by atoms with van der Waals surface area (Å²) in [5, 5.41) is 29.4. The molecule has 1 aliphatic heterocycles. The highest BCUT2D eigenvalue weighted by Crippen LogP contribution is 2.36. The second-order valence-corrected chi connectivity index (χ2v) is 16.2. The van der Waals surface area contributed by atoms with Crippen molar-refractivity contribution in [2.45, 2.75) is 116 Å². The number of nitrogens with two attached hydrogens (primary N) is 1. The van der Waals surface area contributed by atoms with Gasteiger partial charge in [0.05, 0.1) is 31.9 Å². The third kappa shape index (κ3) is 13.5. The number of nitrogens with one attached hydrogen (secondary N) is 3. The molecule has 2 unspecified atom stereocenters. The van der Waals surface area contributed by atoms with Crippen LogP contribution in [0.1, 0.15) is 102 Å². The summed E-state index contributed by atoms with van der Waals surface area (Å²) in [4.78, 5) is 59.8. The number of rotatable bonds is 21. The number of ketones is 1. The highest BCUT2D eigenvalue weighted by Gasteiger charge is 2.40. The number of amides is 3. The van der Waals surface area contributed by atoms with Crippen molar-refractivity contribution in [2.75, 3.05) is 26.3 Å². The molecule has 6 atom stereocenters. The van der Waals surface area contributed by atoms with Crippen LogP contribution in [0.25, 0.3) is 0 Å². The van der Waals surface area contributed by atoms with Crippen molar-refractivity contribution in [3.8, 4) is 5.75 Å². The molecule has 2 aliphatic rings. The molecule has 0 radical (unpaired) electrons. The summed E-state index contributed by atoms with van der Waals surface area (Å²) in [6, 6.07) is 11.7. The molecule has 3 amide bonds. The molecule has 0 saturated heterocycles. The maximum Gasteiger partial charge on any atom is 0.243 e. The Labute approximate surface area is 326 Å². The van der Waals surface area contributed by atoms with E-state index in [0.717, 1.165) is 48.8 Å². The van der Waals surface area contributed by atoms with Gasteiger partial charge in [-0.15, -0.1) is 0 Å². The van der Waals surface area contributed by atoms with Gasteiger partial charge in [-0.1, -0.05) is 90.1 Å². The molecule has 1 fully saturated rings. The Morgan fingerprint density at radius 1 is 0.945 bits per heavy atom.